The van der Waals surface area contributed by atoms with Crippen LogP contribution < -0.4 is 20.7 Å². The maximum atomic E-state index is 13.2. The summed E-state index contributed by atoms with van der Waals surface area (Å²) in [5.41, 5.74) is -1.81. The van der Waals surface area contributed by atoms with Gasteiger partial charge < -0.3 is 30.4 Å². The molecule has 1 unspecified atom stereocenters. The number of esters is 1. The van der Waals surface area contributed by atoms with E-state index in [1.807, 2.05) is 0 Å². The lowest BCUT2D eigenvalue weighted by molar-refractivity contribution is -0.207. The third-order valence-electron chi connectivity index (χ3n) is 7.17. The van der Waals surface area contributed by atoms with Gasteiger partial charge in [-0.25, -0.2) is 0 Å². The summed E-state index contributed by atoms with van der Waals surface area (Å²) in [6, 6.07) is 5.42. The number of halogens is 3. The van der Waals surface area contributed by atoms with Crippen molar-refractivity contribution in [2.24, 2.45) is 11.3 Å². The number of aromatic nitrogens is 1. The molecule has 0 spiro atoms. The molecule has 1 saturated carbocycles. The number of rotatable bonds is 11. The lowest BCUT2D eigenvalue weighted by Crippen LogP contribution is -2.49. The van der Waals surface area contributed by atoms with Gasteiger partial charge in [-0.15, -0.1) is 0 Å². The topological polar surface area (TPSA) is 156 Å². The molecule has 2 fully saturated rings. The highest BCUT2D eigenvalue weighted by Gasteiger charge is 2.69. The maximum Gasteiger partial charge on any atom is 0.404 e. The zero-order chi connectivity index (χ0) is 29.1. The lowest BCUT2D eigenvalue weighted by Gasteiger charge is -2.26. The van der Waals surface area contributed by atoms with E-state index in [-0.39, 0.29) is 18.0 Å². The Labute approximate surface area is 226 Å². The molecule has 2 aliphatic rings. The first-order valence-corrected chi connectivity index (χ1v) is 12.7. The van der Waals surface area contributed by atoms with Crippen molar-refractivity contribution in [1.82, 2.24) is 20.9 Å². The summed E-state index contributed by atoms with van der Waals surface area (Å²) < 4.78 is 49.5. The predicted octanol–water partition coefficient (Wildman–Crippen LogP) is 1.76. The van der Waals surface area contributed by atoms with Crippen LogP contribution >= 0.6 is 0 Å². The molecule has 2 atom stereocenters. The van der Waals surface area contributed by atoms with E-state index in [4.69, 9.17) is 9.47 Å². The highest BCUT2D eigenvalue weighted by atomic mass is 19.4. The molecule has 4 N–H and O–H groups in total. The normalized spacial score (nSPS) is 18.8. The fraction of sp³-hybridized carbons (Fsp3) is 0.500. The van der Waals surface area contributed by atoms with Gasteiger partial charge in [0.1, 0.15) is 11.4 Å². The monoisotopic (exact) mass is 566 g/mol. The van der Waals surface area contributed by atoms with Crippen molar-refractivity contribution in [1.29, 1.82) is 0 Å². The molecule has 1 aliphatic carbocycles. The quantitative estimate of drug-likeness (QED) is 0.302. The van der Waals surface area contributed by atoms with Crippen LogP contribution in [0, 0.1) is 11.3 Å². The van der Waals surface area contributed by atoms with E-state index >= 15 is 0 Å². The summed E-state index contributed by atoms with van der Waals surface area (Å²) in [7, 11) is 1.49. The second-order valence-corrected chi connectivity index (χ2v) is 9.90. The predicted molar refractivity (Wildman–Crippen MR) is 133 cm³/mol. The van der Waals surface area contributed by atoms with Crippen molar-refractivity contribution in [2.45, 2.75) is 44.3 Å². The van der Waals surface area contributed by atoms with E-state index in [1.54, 1.807) is 24.3 Å². The van der Waals surface area contributed by atoms with Gasteiger partial charge in [0.25, 0.3) is 5.91 Å². The summed E-state index contributed by atoms with van der Waals surface area (Å²) in [5.74, 6) is -4.23. The molecule has 3 amide bonds. The summed E-state index contributed by atoms with van der Waals surface area (Å²) in [6.45, 7) is -1.08. The van der Waals surface area contributed by atoms with E-state index in [9.17, 15) is 37.1 Å². The van der Waals surface area contributed by atoms with Gasteiger partial charge in [0.15, 0.2) is 17.8 Å². The van der Waals surface area contributed by atoms with Gasteiger partial charge in [-0.1, -0.05) is 6.07 Å². The van der Waals surface area contributed by atoms with Crippen LogP contribution in [0.1, 0.15) is 42.6 Å². The molecule has 1 saturated heterocycles. The molecule has 2 heterocycles. The van der Waals surface area contributed by atoms with Crippen LogP contribution in [0.15, 0.2) is 24.3 Å². The van der Waals surface area contributed by atoms with Gasteiger partial charge >= 0.3 is 12.1 Å². The number of piperidine rings is 1. The summed E-state index contributed by atoms with van der Waals surface area (Å²) in [6.07, 6.45) is -4.71. The highest BCUT2D eigenvalue weighted by Crippen LogP contribution is 2.58. The van der Waals surface area contributed by atoms with Crippen LogP contribution in [0.3, 0.4) is 0 Å². The number of methoxy groups -OCH3 is 1. The first kappa shape index (κ1) is 28.9. The van der Waals surface area contributed by atoms with Crippen LogP contribution in [0.5, 0.6) is 5.75 Å². The smallest absolute Gasteiger partial charge is 0.404 e. The summed E-state index contributed by atoms with van der Waals surface area (Å²) in [4.78, 5) is 65.4. The number of aromatic amines is 1. The number of H-pyrrole nitrogens is 1. The van der Waals surface area contributed by atoms with Crippen LogP contribution in [0.25, 0.3) is 10.9 Å². The van der Waals surface area contributed by atoms with Gasteiger partial charge in [-0.05, 0) is 50.3 Å². The number of fused-ring (bicyclic) bond motifs is 1. The molecule has 1 aromatic heterocycles. The van der Waals surface area contributed by atoms with Crippen LogP contribution in [0.2, 0.25) is 0 Å². The number of nitrogens with one attached hydrogen (secondary N) is 4. The molecule has 4 rings (SSSR count). The van der Waals surface area contributed by atoms with Gasteiger partial charge in [0.2, 0.25) is 11.8 Å². The lowest BCUT2D eigenvalue weighted by atomic mass is 9.90. The largest absolute Gasteiger partial charge is 0.496 e. The van der Waals surface area contributed by atoms with Crippen molar-refractivity contribution in [3.63, 3.8) is 0 Å². The standard InChI is InChI=1S/C26H29F3N4O7/c1-39-20-6-2-5-16-15(20)11-18(32-16)23(37)31-12-21(35)33-17(10-14-4-3-9-30-22(14)36)19(34)13-40-24(38)25(7-8-25)26(27,28)29/h2,5-6,11,14,17,32H,3-4,7-10,12-13H2,1H3,(H,30,36)(H,31,37)(H,33,35)/t14-,17?/m0/s1. The molecular formula is C26H29F3N4O7. The zero-order valence-corrected chi connectivity index (χ0v) is 21.6. The third kappa shape index (κ3) is 6.20. The maximum absolute atomic E-state index is 13.2. The van der Waals surface area contributed by atoms with Gasteiger partial charge in [0, 0.05) is 23.4 Å². The molecule has 14 heteroatoms. The van der Waals surface area contributed by atoms with Crippen LogP contribution in [0.4, 0.5) is 13.2 Å². The first-order chi connectivity index (χ1) is 18.9. The number of Topliss-reactive ketones (excluding diaryl/α,β-unsaturated/α-hetero) is 1. The Balaban J connectivity index is 1.37. The highest BCUT2D eigenvalue weighted by molar-refractivity contribution is 6.01. The second kappa shape index (κ2) is 11.6. The Morgan fingerprint density at radius 3 is 2.60 bits per heavy atom. The van der Waals surface area contributed by atoms with Crippen LogP contribution in [-0.4, -0.2) is 73.5 Å². The Bertz CT molecular complexity index is 1320. The second-order valence-electron chi connectivity index (χ2n) is 9.90. The minimum Gasteiger partial charge on any atom is -0.496 e. The number of carbonyl (C=O) groups is 5. The van der Waals surface area contributed by atoms with E-state index in [0.717, 1.165) is 0 Å². The molecule has 1 aliphatic heterocycles. The van der Waals surface area contributed by atoms with Crippen molar-refractivity contribution in [2.75, 3.05) is 26.8 Å². The summed E-state index contributed by atoms with van der Waals surface area (Å²) in [5, 5.41) is 8.16. The number of carbonyl (C=O) groups excluding carboxylic acids is 5. The Morgan fingerprint density at radius 1 is 1.20 bits per heavy atom. The number of ketones is 1. The molecule has 11 nitrogen and oxygen atoms in total. The van der Waals surface area contributed by atoms with Crippen molar-refractivity contribution in [3.05, 3.63) is 30.0 Å². The van der Waals surface area contributed by atoms with Gasteiger partial charge in [-0.2, -0.15) is 13.2 Å². The number of hydrogen-bond acceptors (Lipinski definition) is 7. The first-order valence-electron chi connectivity index (χ1n) is 12.7. The van der Waals surface area contributed by atoms with E-state index < -0.39 is 73.1 Å². The molecule has 1 aromatic carbocycles. The van der Waals surface area contributed by atoms with Gasteiger partial charge in [-0.3, -0.25) is 24.0 Å². The average Bonchev–Trinajstić information content (AvgIpc) is 3.64. The summed E-state index contributed by atoms with van der Waals surface area (Å²) >= 11 is 0. The minimum absolute atomic E-state index is 0.145. The number of amides is 3. The molecular weight excluding hydrogens is 537 g/mol. The molecule has 40 heavy (non-hydrogen) atoms. The number of hydrogen-bond donors (Lipinski definition) is 4. The van der Waals surface area contributed by atoms with Crippen LogP contribution in [-0.2, 0) is 23.9 Å². The fourth-order valence-corrected chi connectivity index (χ4v) is 4.65. The Morgan fingerprint density at radius 2 is 1.95 bits per heavy atom. The fourth-order valence-electron chi connectivity index (χ4n) is 4.65. The van der Waals surface area contributed by atoms with E-state index in [0.29, 0.717) is 36.0 Å². The Hall–Kier alpha value is -4.10. The Kier molecular flexibility index (Phi) is 8.35. The minimum atomic E-state index is -4.80. The number of alkyl halides is 3. The van der Waals surface area contributed by atoms with Crippen molar-refractivity contribution < 1.29 is 46.6 Å². The molecule has 216 valence electrons. The van der Waals surface area contributed by atoms with Crippen molar-refractivity contribution in [3.8, 4) is 5.75 Å². The van der Waals surface area contributed by atoms with E-state index in [2.05, 4.69) is 20.9 Å². The average molecular weight is 567 g/mol. The zero-order valence-electron chi connectivity index (χ0n) is 21.6. The van der Waals surface area contributed by atoms with Gasteiger partial charge in [0.05, 0.1) is 19.7 Å². The third-order valence-corrected chi connectivity index (χ3v) is 7.17. The molecule has 2 aromatic rings. The molecule has 0 radical (unpaired) electrons. The van der Waals surface area contributed by atoms with E-state index in [1.165, 1.54) is 7.11 Å². The SMILES string of the molecule is COc1cccc2[nH]c(C(=O)NCC(=O)NC(C[C@@H]3CCCNC3=O)C(=O)COC(=O)C3(C(F)(F)F)CC3)cc12. The number of ether oxygens (including phenoxy) is 2. The van der Waals surface area contributed by atoms with Crippen molar-refractivity contribution >= 4 is 40.4 Å². The molecule has 0 bridgehead atoms. The number of benzene rings is 1.